The van der Waals surface area contributed by atoms with E-state index in [-0.39, 0.29) is 43.4 Å². The van der Waals surface area contributed by atoms with Gasteiger partial charge in [0.1, 0.15) is 6.61 Å². The van der Waals surface area contributed by atoms with Crippen LogP contribution in [0.4, 0.5) is 5.82 Å². The standard InChI is InChI=1S/C17H22N4O3.C2H6.V.H2/c1-11(22)20(2)13-3-6-21(9-13)16(23)12-7-14-15(18-8-12)19-17(4-5-17)10-24-14;1-2;;/h7-8,13H,3-6,9-10H2,1-2H3,(H,18,19);1-2H3;;1H/t13-;;;/m0.../s1. The Balaban J connectivity index is 0.000000950. The summed E-state index contributed by atoms with van der Waals surface area (Å²) >= 11 is 0. The van der Waals surface area contributed by atoms with Gasteiger partial charge in [-0.05, 0) is 25.3 Å². The summed E-state index contributed by atoms with van der Waals surface area (Å²) < 4.78 is 5.80. The maximum Gasteiger partial charge on any atom is 0.255 e. The average Bonchev–Trinajstić information content (AvgIpc) is 3.22. The summed E-state index contributed by atoms with van der Waals surface area (Å²) in [5.41, 5.74) is 0.610. The van der Waals surface area contributed by atoms with E-state index in [0.29, 0.717) is 31.0 Å². The van der Waals surface area contributed by atoms with Gasteiger partial charge in [-0.25, -0.2) is 4.98 Å². The molecule has 1 aromatic heterocycles. The zero-order valence-electron chi connectivity index (χ0n) is 16.5. The number of nitrogens with zero attached hydrogens (tertiary/aromatic N) is 3. The molecule has 0 unspecified atom stereocenters. The van der Waals surface area contributed by atoms with Gasteiger partial charge in [0, 0.05) is 53.2 Å². The number of ether oxygens (including phenoxy) is 1. The Bertz CT molecular complexity index is 714. The first kappa shape index (κ1) is 21.6. The predicted molar refractivity (Wildman–Crippen MR) is 102 cm³/mol. The normalized spacial score (nSPS) is 20.9. The van der Waals surface area contributed by atoms with E-state index in [0.717, 1.165) is 25.1 Å². The first-order valence-electron chi connectivity index (χ1n) is 9.41. The van der Waals surface area contributed by atoms with Crippen molar-refractivity contribution in [3.8, 4) is 5.75 Å². The van der Waals surface area contributed by atoms with E-state index in [9.17, 15) is 9.59 Å². The quantitative estimate of drug-likeness (QED) is 0.806. The van der Waals surface area contributed by atoms with Crippen LogP contribution in [0.25, 0.3) is 0 Å². The van der Waals surface area contributed by atoms with Gasteiger partial charge in [-0.3, -0.25) is 9.59 Å². The molecule has 0 aromatic carbocycles. The van der Waals surface area contributed by atoms with E-state index in [1.54, 1.807) is 36.0 Å². The molecule has 0 bridgehead atoms. The number of carbonyl (C=O) groups excluding carboxylic acids is 2. The van der Waals surface area contributed by atoms with Crippen LogP contribution in [0.5, 0.6) is 5.75 Å². The molecule has 2 aliphatic heterocycles. The molecule has 2 fully saturated rings. The number of hydrogen-bond acceptors (Lipinski definition) is 5. The molecule has 7 nitrogen and oxygen atoms in total. The van der Waals surface area contributed by atoms with Crippen LogP contribution in [0.2, 0.25) is 0 Å². The van der Waals surface area contributed by atoms with Gasteiger partial charge < -0.3 is 19.9 Å². The number of fused-ring (bicyclic) bond motifs is 1. The number of pyridine rings is 1. The minimum atomic E-state index is -0.0555. The maximum atomic E-state index is 12.7. The van der Waals surface area contributed by atoms with Crippen LogP contribution >= 0.6 is 0 Å². The van der Waals surface area contributed by atoms with E-state index < -0.39 is 0 Å². The van der Waals surface area contributed by atoms with E-state index in [1.165, 1.54) is 0 Å². The van der Waals surface area contributed by atoms with Crippen LogP contribution in [0.1, 0.15) is 51.8 Å². The fourth-order valence-corrected chi connectivity index (χ4v) is 3.37. The summed E-state index contributed by atoms with van der Waals surface area (Å²) in [6.07, 6.45) is 4.63. The van der Waals surface area contributed by atoms with Gasteiger partial charge in [0.2, 0.25) is 5.91 Å². The van der Waals surface area contributed by atoms with Crippen LogP contribution in [0.3, 0.4) is 0 Å². The number of carbonyl (C=O) groups is 2. The van der Waals surface area contributed by atoms with Crippen molar-refractivity contribution in [1.82, 2.24) is 14.8 Å². The summed E-state index contributed by atoms with van der Waals surface area (Å²) in [7, 11) is 1.79. The van der Waals surface area contributed by atoms with Gasteiger partial charge in [-0.1, -0.05) is 13.8 Å². The molecule has 1 aliphatic carbocycles. The number of aromatic nitrogens is 1. The largest absolute Gasteiger partial charge is 0.487 e. The van der Waals surface area contributed by atoms with Gasteiger partial charge >= 0.3 is 0 Å². The molecule has 1 saturated carbocycles. The van der Waals surface area contributed by atoms with E-state index in [1.807, 2.05) is 13.8 Å². The summed E-state index contributed by atoms with van der Waals surface area (Å²) in [6, 6.07) is 1.86. The van der Waals surface area contributed by atoms with Gasteiger partial charge in [0.05, 0.1) is 17.1 Å². The van der Waals surface area contributed by atoms with Crippen LogP contribution in [0, 0.1) is 0 Å². The Morgan fingerprint density at radius 1 is 1.41 bits per heavy atom. The van der Waals surface area contributed by atoms with Crippen LogP contribution in [-0.2, 0) is 23.4 Å². The monoisotopic (exact) mass is 413 g/mol. The van der Waals surface area contributed by atoms with Crippen molar-refractivity contribution in [1.29, 1.82) is 0 Å². The molecule has 3 aliphatic rings. The number of amides is 2. The smallest absolute Gasteiger partial charge is 0.255 e. The molecule has 1 saturated heterocycles. The minimum Gasteiger partial charge on any atom is -0.487 e. The van der Waals surface area contributed by atoms with Crippen molar-refractivity contribution in [2.45, 2.75) is 51.6 Å². The third-order valence-electron chi connectivity index (χ3n) is 5.34. The van der Waals surface area contributed by atoms with Crippen molar-refractivity contribution >= 4 is 17.6 Å². The molecular formula is C19H30N4O3V. The topological polar surface area (TPSA) is 74.8 Å². The summed E-state index contributed by atoms with van der Waals surface area (Å²) in [5.74, 6) is 1.35. The Morgan fingerprint density at radius 3 is 2.74 bits per heavy atom. The Hall–Kier alpha value is -1.73. The predicted octanol–water partition coefficient (Wildman–Crippen LogP) is 2.38. The third kappa shape index (κ3) is 4.41. The summed E-state index contributed by atoms with van der Waals surface area (Å²) in [6.45, 7) is 7.40. The summed E-state index contributed by atoms with van der Waals surface area (Å²) in [5, 5.41) is 3.41. The SMILES string of the molecule is CC.CC(=O)N(C)[C@H]1CCN(C(=O)c2cnc3c(c2)OCC2(CC2)N3)C1.[HH].[V]. The third-order valence-corrected chi connectivity index (χ3v) is 5.34. The van der Waals surface area contributed by atoms with Gasteiger partial charge in [-0.15, -0.1) is 0 Å². The maximum absolute atomic E-state index is 12.7. The number of rotatable bonds is 2. The van der Waals surface area contributed by atoms with Crippen molar-refractivity contribution in [2.75, 3.05) is 32.1 Å². The second-order valence-corrected chi connectivity index (χ2v) is 7.09. The molecule has 149 valence electrons. The molecule has 27 heavy (non-hydrogen) atoms. The zero-order valence-corrected chi connectivity index (χ0v) is 17.9. The first-order valence-corrected chi connectivity index (χ1v) is 9.41. The number of hydrogen-bond donors (Lipinski definition) is 1. The fraction of sp³-hybridized carbons (Fsp3) is 0.632. The summed E-state index contributed by atoms with van der Waals surface area (Å²) in [4.78, 5) is 32.1. The van der Waals surface area contributed by atoms with Gasteiger partial charge in [-0.2, -0.15) is 0 Å². The second kappa shape index (κ2) is 8.52. The molecular weight excluding hydrogens is 383 g/mol. The molecule has 1 radical (unpaired) electrons. The van der Waals surface area contributed by atoms with Crippen molar-refractivity contribution < 1.29 is 34.3 Å². The van der Waals surface area contributed by atoms with E-state index in [2.05, 4.69) is 10.3 Å². The molecule has 1 N–H and O–H groups in total. The molecule has 1 atom stereocenters. The molecule has 2 amide bonds. The molecule has 1 aromatic rings. The Morgan fingerprint density at radius 2 is 2.11 bits per heavy atom. The fourth-order valence-electron chi connectivity index (χ4n) is 3.37. The Kier molecular flexibility index (Phi) is 6.81. The van der Waals surface area contributed by atoms with Crippen molar-refractivity contribution in [3.05, 3.63) is 17.8 Å². The van der Waals surface area contributed by atoms with Gasteiger partial charge in [0.15, 0.2) is 11.6 Å². The van der Waals surface area contributed by atoms with Gasteiger partial charge in [0.25, 0.3) is 5.91 Å². The molecule has 8 heteroatoms. The van der Waals surface area contributed by atoms with Crippen LogP contribution in [-0.4, -0.2) is 64.9 Å². The first-order chi connectivity index (χ1) is 12.5. The Labute approximate surface area is 174 Å². The molecule has 4 rings (SSSR count). The number of anilines is 1. The number of likely N-dealkylation sites (tertiary alicyclic amines) is 1. The van der Waals surface area contributed by atoms with Crippen LogP contribution < -0.4 is 10.1 Å². The molecule has 1 spiro atoms. The number of likely N-dealkylation sites (N-methyl/N-ethyl adjacent to an activating group) is 1. The van der Waals surface area contributed by atoms with Crippen LogP contribution in [0.15, 0.2) is 12.3 Å². The minimum absolute atomic E-state index is 0. The van der Waals surface area contributed by atoms with E-state index >= 15 is 0 Å². The average molecular weight is 413 g/mol. The van der Waals surface area contributed by atoms with Crippen molar-refractivity contribution in [2.24, 2.45) is 0 Å². The van der Waals surface area contributed by atoms with Crippen molar-refractivity contribution in [3.63, 3.8) is 0 Å². The zero-order chi connectivity index (χ0) is 18.9. The number of nitrogens with one attached hydrogen (secondary N) is 1. The second-order valence-electron chi connectivity index (χ2n) is 7.09. The molecule has 3 heterocycles. The van der Waals surface area contributed by atoms with E-state index in [4.69, 9.17) is 4.74 Å².